The first-order valence-electron chi connectivity index (χ1n) is 4.77. The van der Waals surface area contributed by atoms with Crippen LogP contribution in [-0.2, 0) is 0 Å². The lowest BCUT2D eigenvalue weighted by atomic mass is 10.2. The molecule has 0 radical (unpaired) electrons. The van der Waals surface area contributed by atoms with Crippen LogP contribution in [0, 0.1) is 6.92 Å². The largest absolute Gasteiger partial charge is 0.382 e. The topological polar surface area (TPSA) is 63.8 Å². The first-order chi connectivity index (χ1) is 7.65. The molecular formula is C11H11BrN4. The molecule has 0 bridgehead atoms. The minimum atomic E-state index is 0.414. The summed E-state index contributed by atoms with van der Waals surface area (Å²) in [5.41, 5.74) is 7.59. The number of nitrogens with one attached hydrogen (secondary N) is 1. The third-order valence-electron chi connectivity index (χ3n) is 2.12. The molecule has 0 saturated heterocycles. The molecule has 0 saturated carbocycles. The summed E-state index contributed by atoms with van der Waals surface area (Å²) in [6.45, 7) is 2.03. The average molecular weight is 279 g/mol. The van der Waals surface area contributed by atoms with Gasteiger partial charge in [0.25, 0.3) is 0 Å². The van der Waals surface area contributed by atoms with Crippen LogP contribution in [0.3, 0.4) is 0 Å². The lowest BCUT2D eigenvalue weighted by Gasteiger charge is -2.06. The molecule has 0 aliphatic heterocycles. The number of hydrogen-bond donors (Lipinski definition) is 2. The van der Waals surface area contributed by atoms with E-state index in [1.807, 2.05) is 25.1 Å². The van der Waals surface area contributed by atoms with E-state index in [9.17, 15) is 0 Å². The molecule has 0 spiro atoms. The minimum absolute atomic E-state index is 0.414. The van der Waals surface area contributed by atoms with Gasteiger partial charge in [-0.15, -0.1) is 10.2 Å². The quantitative estimate of drug-likeness (QED) is 0.887. The smallest absolute Gasteiger partial charge is 0.153 e. The van der Waals surface area contributed by atoms with Gasteiger partial charge < -0.3 is 11.1 Å². The molecule has 1 heterocycles. The maximum Gasteiger partial charge on any atom is 0.153 e. The van der Waals surface area contributed by atoms with E-state index in [4.69, 9.17) is 5.73 Å². The summed E-state index contributed by atoms with van der Waals surface area (Å²) in [5, 5.41) is 10.8. The number of benzene rings is 1. The highest BCUT2D eigenvalue weighted by molar-refractivity contribution is 9.10. The van der Waals surface area contributed by atoms with Crippen LogP contribution in [0.1, 0.15) is 5.56 Å². The Kier molecular flexibility index (Phi) is 3.05. The average Bonchev–Trinajstić information content (AvgIpc) is 2.27. The van der Waals surface area contributed by atoms with Crippen LogP contribution >= 0.6 is 15.9 Å². The summed E-state index contributed by atoms with van der Waals surface area (Å²) in [5.74, 6) is 1.09. The Balaban J connectivity index is 2.20. The number of anilines is 3. The molecule has 5 heteroatoms. The Labute approximate surface area is 102 Å². The highest BCUT2D eigenvalue weighted by atomic mass is 79.9. The molecule has 1 aromatic carbocycles. The lowest BCUT2D eigenvalue weighted by Crippen LogP contribution is -1.98. The number of halogens is 1. The summed E-state index contributed by atoms with van der Waals surface area (Å²) in [4.78, 5) is 0. The van der Waals surface area contributed by atoms with E-state index in [-0.39, 0.29) is 0 Å². The third-order valence-corrected chi connectivity index (χ3v) is 3.01. The van der Waals surface area contributed by atoms with Crippen molar-refractivity contribution in [2.45, 2.75) is 6.92 Å². The molecule has 2 rings (SSSR count). The Morgan fingerprint density at radius 2 is 2.00 bits per heavy atom. The van der Waals surface area contributed by atoms with Gasteiger partial charge in [0.2, 0.25) is 0 Å². The van der Waals surface area contributed by atoms with Crippen molar-refractivity contribution >= 4 is 33.3 Å². The lowest BCUT2D eigenvalue weighted by molar-refractivity contribution is 1.05. The van der Waals surface area contributed by atoms with Crippen LogP contribution in [0.4, 0.5) is 17.3 Å². The molecule has 0 atom stereocenters. The number of rotatable bonds is 2. The highest BCUT2D eigenvalue weighted by Crippen LogP contribution is 2.22. The van der Waals surface area contributed by atoms with Gasteiger partial charge >= 0.3 is 0 Å². The van der Waals surface area contributed by atoms with Crippen LogP contribution < -0.4 is 11.1 Å². The van der Waals surface area contributed by atoms with Gasteiger partial charge in [0.15, 0.2) is 5.82 Å². The zero-order chi connectivity index (χ0) is 11.5. The second-order valence-electron chi connectivity index (χ2n) is 3.43. The molecule has 4 nitrogen and oxygen atoms in total. The summed E-state index contributed by atoms with van der Waals surface area (Å²) < 4.78 is 1.08. The monoisotopic (exact) mass is 278 g/mol. The van der Waals surface area contributed by atoms with Crippen molar-refractivity contribution in [2.24, 2.45) is 0 Å². The fourth-order valence-corrected chi connectivity index (χ4v) is 1.53. The van der Waals surface area contributed by atoms with E-state index >= 15 is 0 Å². The summed E-state index contributed by atoms with van der Waals surface area (Å²) >= 11 is 3.45. The fraction of sp³-hybridized carbons (Fsp3) is 0.0909. The van der Waals surface area contributed by atoms with Crippen molar-refractivity contribution < 1.29 is 0 Å². The number of nitrogen functional groups attached to an aromatic ring is 1. The molecule has 82 valence electrons. The normalized spacial score (nSPS) is 10.1. The third kappa shape index (κ3) is 2.49. The van der Waals surface area contributed by atoms with Crippen molar-refractivity contribution in [1.29, 1.82) is 0 Å². The Morgan fingerprint density at radius 1 is 1.19 bits per heavy atom. The van der Waals surface area contributed by atoms with Crippen LogP contribution in [0.25, 0.3) is 0 Å². The van der Waals surface area contributed by atoms with Gasteiger partial charge in [0.05, 0.1) is 0 Å². The molecule has 2 aromatic rings. The van der Waals surface area contributed by atoms with Gasteiger partial charge in [-0.05, 0) is 42.8 Å². The van der Waals surface area contributed by atoms with Crippen LogP contribution in [0.5, 0.6) is 0 Å². The van der Waals surface area contributed by atoms with Crippen molar-refractivity contribution in [2.75, 3.05) is 11.1 Å². The molecule has 0 aliphatic rings. The van der Waals surface area contributed by atoms with Gasteiger partial charge in [-0.3, -0.25) is 0 Å². The fourth-order valence-electron chi connectivity index (χ4n) is 1.28. The van der Waals surface area contributed by atoms with Crippen molar-refractivity contribution in [3.05, 3.63) is 40.4 Å². The first-order valence-corrected chi connectivity index (χ1v) is 5.57. The van der Waals surface area contributed by atoms with Crippen molar-refractivity contribution in [1.82, 2.24) is 10.2 Å². The summed E-state index contributed by atoms with van der Waals surface area (Å²) in [7, 11) is 0. The van der Waals surface area contributed by atoms with E-state index in [1.165, 1.54) is 0 Å². The van der Waals surface area contributed by atoms with E-state index < -0.39 is 0 Å². The summed E-state index contributed by atoms with van der Waals surface area (Å²) in [6.07, 6.45) is 0. The number of aryl methyl sites for hydroxylation is 1. The van der Waals surface area contributed by atoms with Gasteiger partial charge in [-0.1, -0.05) is 15.9 Å². The molecule has 1 aromatic heterocycles. The van der Waals surface area contributed by atoms with Crippen LogP contribution in [0.2, 0.25) is 0 Å². The number of nitrogens with zero attached hydrogens (tertiary/aromatic N) is 2. The zero-order valence-corrected chi connectivity index (χ0v) is 10.3. The van der Waals surface area contributed by atoms with E-state index in [1.54, 1.807) is 12.1 Å². The maximum atomic E-state index is 5.46. The first kappa shape index (κ1) is 10.9. The number of hydrogen-bond acceptors (Lipinski definition) is 4. The van der Waals surface area contributed by atoms with E-state index in [0.717, 1.165) is 15.7 Å². The molecule has 0 amide bonds. The standard InChI is InChI=1S/C11H11BrN4/c1-7-6-8(2-3-9(7)12)14-11-5-4-10(13)15-16-11/h2-6H,1H3,(H2,13,15)(H,14,16). The Hall–Kier alpha value is -1.62. The van der Waals surface area contributed by atoms with Gasteiger partial charge in [0.1, 0.15) is 5.82 Å². The molecule has 16 heavy (non-hydrogen) atoms. The molecule has 0 unspecified atom stereocenters. The molecule has 3 N–H and O–H groups in total. The molecule has 0 fully saturated rings. The van der Waals surface area contributed by atoms with Crippen molar-refractivity contribution in [3.63, 3.8) is 0 Å². The predicted molar refractivity (Wildman–Crippen MR) is 68.6 cm³/mol. The van der Waals surface area contributed by atoms with Crippen LogP contribution in [0.15, 0.2) is 34.8 Å². The number of aromatic nitrogens is 2. The van der Waals surface area contributed by atoms with Crippen molar-refractivity contribution in [3.8, 4) is 0 Å². The SMILES string of the molecule is Cc1cc(Nc2ccc(N)nn2)ccc1Br. The molecular weight excluding hydrogens is 268 g/mol. The minimum Gasteiger partial charge on any atom is -0.382 e. The zero-order valence-electron chi connectivity index (χ0n) is 8.74. The predicted octanol–water partition coefficient (Wildman–Crippen LogP) is 2.87. The Morgan fingerprint density at radius 3 is 2.62 bits per heavy atom. The highest BCUT2D eigenvalue weighted by Gasteiger charge is 1.99. The van der Waals surface area contributed by atoms with E-state index in [2.05, 4.69) is 31.4 Å². The van der Waals surface area contributed by atoms with Gasteiger partial charge in [0, 0.05) is 10.2 Å². The Bertz CT molecular complexity index is 496. The van der Waals surface area contributed by atoms with Crippen LogP contribution in [-0.4, -0.2) is 10.2 Å². The number of nitrogens with two attached hydrogens (primary N) is 1. The second-order valence-corrected chi connectivity index (χ2v) is 4.29. The second kappa shape index (κ2) is 4.49. The molecule has 0 aliphatic carbocycles. The summed E-state index contributed by atoms with van der Waals surface area (Å²) in [6, 6.07) is 9.49. The van der Waals surface area contributed by atoms with Gasteiger partial charge in [-0.25, -0.2) is 0 Å². The maximum absolute atomic E-state index is 5.46. The van der Waals surface area contributed by atoms with E-state index in [0.29, 0.717) is 11.6 Å². The van der Waals surface area contributed by atoms with Gasteiger partial charge in [-0.2, -0.15) is 0 Å².